The van der Waals surface area contributed by atoms with E-state index in [1.54, 1.807) is 18.2 Å². The Hall–Kier alpha value is -3.07. The highest BCUT2D eigenvalue weighted by Gasteiger charge is 2.03. The van der Waals surface area contributed by atoms with Crippen LogP contribution in [0.25, 0.3) is 0 Å². The van der Waals surface area contributed by atoms with Crippen LogP contribution in [0.3, 0.4) is 0 Å². The van der Waals surface area contributed by atoms with E-state index in [0.29, 0.717) is 23.7 Å². The Labute approximate surface area is 135 Å². The van der Waals surface area contributed by atoms with Gasteiger partial charge in [-0.2, -0.15) is 0 Å². The zero-order chi connectivity index (χ0) is 15.9. The van der Waals surface area contributed by atoms with Crippen molar-refractivity contribution >= 4 is 6.29 Å². The second-order valence-corrected chi connectivity index (χ2v) is 5.00. The molecule has 0 spiro atoms. The van der Waals surface area contributed by atoms with Gasteiger partial charge >= 0.3 is 0 Å². The summed E-state index contributed by atoms with van der Waals surface area (Å²) in [6.07, 6.45) is 0.784. The van der Waals surface area contributed by atoms with Gasteiger partial charge in [-0.25, -0.2) is 0 Å². The fraction of sp³-hybridized carbons (Fsp3) is 0.0500. The molecule has 0 N–H and O–H groups in total. The van der Waals surface area contributed by atoms with Crippen molar-refractivity contribution in [3.63, 3.8) is 0 Å². The molecule has 0 amide bonds. The Bertz CT molecular complexity index is 764. The summed E-state index contributed by atoms with van der Waals surface area (Å²) in [5.74, 6) is 1.97. The molecular weight excluding hydrogens is 288 g/mol. The van der Waals surface area contributed by atoms with Crippen molar-refractivity contribution in [1.82, 2.24) is 0 Å². The van der Waals surface area contributed by atoms with Gasteiger partial charge in [0.05, 0.1) is 5.56 Å². The Morgan fingerprint density at radius 3 is 2.13 bits per heavy atom. The average Bonchev–Trinajstić information content (AvgIpc) is 2.62. The lowest BCUT2D eigenvalue weighted by Gasteiger charge is -2.09. The molecule has 0 aromatic heterocycles. The predicted molar refractivity (Wildman–Crippen MR) is 89.1 cm³/mol. The van der Waals surface area contributed by atoms with Crippen LogP contribution < -0.4 is 9.47 Å². The van der Waals surface area contributed by atoms with Crippen LogP contribution in [0.15, 0.2) is 78.9 Å². The highest BCUT2D eigenvalue weighted by atomic mass is 16.5. The van der Waals surface area contributed by atoms with E-state index in [9.17, 15) is 4.79 Å². The van der Waals surface area contributed by atoms with Crippen molar-refractivity contribution in [1.29, 1.82) is 0 Å². The van der Waals surface area contributed by atoms with Crippen LogP contribution in [-0.2, 0) is 6.61 Å². The molecule has 0 saturated carbocycles. The molecule has 0 aliphatic heterocycles. The van der Waals surface area contributed by atoms with E-state index in [1.807, 2.05) is 60.7 Å². The fourth-order valence-corrected chi connectivity index (χ4v) is 2.14. The summed E-state index contributed by atoms with van der Waals surface area (Å²) in [6, 6.07) is 24.5. The maximum atomic E-state index is 11.0. The molecule has 0 saturated heterocycles. The van der Waals surface area contributed by atoms with E-state index < -0.39 is 0 Å². The lowest BCUT2D eigenvalue weighted by Crippen LogP contribution is -1.95. The molecule has 0 atom stereocenters. The zero-order valence-corrected chi connectivity index (χ0v) is 12.5. The van der Waals surface area contributed by atoms with E-state index in [-0.39, 0.29) is 0 Å². The average molecular weight is 304 g/mol. The Morgan fingerprint density at radius 1 is 0.739 bits per heavy atom. The minimum absolute atomic E-state index is 0.523. The van der Waals surface area contributed by atoms with E-state index in [1.165, 1.54) is 0 Å². The van der Waals surface area contributed by atoms with Gasteiger partial charge < -0.3 is 9.47 Å². The molecule has 3 heteroatoms. The van der Waals surface area contributed by atoms with E-state index in [4.69, 9.17) is 9.47 Å². The second-order valence-electron chi connectivity index (χ2n) is 5.00. The molecule has 3 aromatic carbocycles. The molecule has 0 radical (unpaired) electrons. The van der Waals surface area contributed by atoms with E-state index in [0.717, 1.165) is 17.6 Å². The Balaban J connectivity index is 1.64. The minimum Gasteiger partial charge on any atom is -0.489 e. The minimum atomic E-state index is 0.523. The van der Waals surface area contributed by atoms with Gasteiger partial charge in [0.1, 0.15) is 23.9 Å². The summed E-state index contributed by atoms with van der Waals surface area (Å²) >= 11 is 0. The number of para-hydroxylation sites is 1. The molecule has 3 nitrogen and oxygen atoms in total. The van der Waals surface area contributed by atoms with Gasteiger partial charge in [0.15, 0.2) is 6.29 Å². The molecule has 0 bridgehead atoms. The van der Waals surface area contributed by atoms with Gasteiger partial charge in [-0.15, -0.1) is 0 Å². The number of benzene rings is 3. The molecule has 3 aromatic rings. The molecule has 0 fully saturated rings. The van der Waals surface area contributed by atoms with Crippen LogP contribution in [0.1, 0.15) is 15.9 Å². The van der Waals surface area contributed by atoms with Crippen LogP contribution in [0.4, 0.5) is 0 Å². The highest BCUT2D eigenvalue weighted by Crippen LogP contribution is 2.26. The molecule has 23 heavy (non-hydrogen) atoms. The summed E-state index contributed by atoms with van der Waals surface area (Å²) in [6.45, 7) is 0.523. The first-order valence-corrected chi connectivity index (χ1v) is 7.34. The number of hydrogen-bond donors (Lipinski definition) is 0. The van der Waals surface area contributed by atoms with Gasteiger partial charge in [0, 0.05) is 0 Å². The lowest BCUT2D eigenvalue weighted by atomic mass is 10.2. The maximum absolute atomic E-state index is 11.0. The SMILES string of the molecule is O=Cc1ccccc1Oc1ccc(OCc2ccccc2)cc1. The van der Waals surface area contributed by atoms with Gasteiger partial charge in [-0.1, -0.05) is 42.5 Å². The number of rotatable bonds is 6. The van der Waals surface area contributed by atoms with Crippen LogP contribution in [0.2, 0.25) is 0 Å². The van der Waals surface area contributed by atoms with Gasteiger partial charge in [0.25, 0.3) is 0 Å². The molecular formula is C20H16O3. The normalized spacial score (nSPS) is 10.1. The third-order valence-electron chi connectivity index (χ3n) is 3.35. The van der Waals surface area contributed by atoms with Crippen LogP contribution in [0.5, 0.6) is 17.2 Å². The molecule has 3 rings (SSSR count). The largest absolute Gasteiger partial charge is 0.489 e. The predicted octanol–water partition coefficient (Wildman–Crippen LogP) is 4.87. The van der Waals surface area contributed by atoms with Crippen LogP contribution in [-0.4, -0.2) is 6.29 Å². The third kappa shape index (κ3) is 3.98. The van der Waals surface area contributed by atoms with Crippen molar-refractivity contribution in [2.45, 2.75) is 6.61 Å². The summed E-state index contributed by atoms with van der Waals surface area (Å²) in [7, 11) is 0. The van der Waals surface area contributed by atoms with E-state index in [2.05, 4.69) is 0 Å². The van der Waals surface area contributed by atoms with Crippen LogP contribution >= 0.6 is 0 Å². The van der Waals surface area contributed by atoms with Crippen molar-refractivity contribution in [2.24, 2.45) is 0 Å². The summed E-state index contributed by atoms with van der Waals surface area (Å²) in [5, 5.41) is 0. The third-order valence-corrected chi connectivity index (χ3v) is 3.35. The van der Waals surface area contributed by atoms with Gasteiger partial charge in [0.2, 0.25) is 0 Å². The van der Waals surface area contributed by atoms with Gasteiger partial charge in [-0.3, -0.25) is 4.79 Å². The van der Waals surface area contributed by atoms with Crippen LogP contribution in [0, 0.1) is 0 Å². The van der Waals surface area contributed by atoms with Gasteiger partial charge in [-0.05, 0) is 42.0 Å². The monoisotopic (exact) mass is 304 g/mol. The number of ether oxygens (including phenoxy) is 2. The van der Waals surface area contributed by atoms with E-state index >= 15 is 0 Å². The Kier molecular flexibility index (Phi) is 4.69. The number of hydrogen-bond acceptors (Lipinski definition) is 3. The first-order chi connectivity index (χ1) is 11.3. The van der Waals surface area contributed by atoms with Crippen molar-refractivity contribution < 1.29 is 14.3 Å². The number of aldehydes is 1. The zero-order valence-electron chi connectivity index (χ0n) is 12.5. The number of carbonyl (C=O) groups excluding carboxylic acids is 1. The molecule has 114 valence electrons. The van der Waals surface area contributed by atoms with Crippen molar-refractivity contribution in [3.05, 3.63) is 90.0 Å². The smallest absolute Gasteiger partial charge is 0.153 e. The highest BCUT2D eigenvalue weighted by molar-refractivity contribution is 5.79. The summed E-state index contributed by atoms with van der Waals surface area (Å²) in [5.41, 5.74) is 1.64. The quantitative estimate of drug-likeness (QED) is 0.609. The van der Waals surface area contributed by atoms with Crippen molar-refractivity contribution in [3.8, 4) is 17.2 Å². The van der Waals surface area contributed by atoms with Crippen molar-refractivity contribution in [2.75, 3.05) is 0 Å². The topological polar surface area (TPSA) is 35.5 Å². The fourth-order valence-electron chi connectivity index (χ4n) is 2.14. The maximum Gasteiger partial charge on any atom is 0.153 e. The lowest BCUT2D eigenvalue weighted by molar-refractivity contribution is 0.112. The standard InChI is InChI=1S/C20H16O3/c21-14-17-8-4-5-9-20(17)23-19-12-10-18(11-13-19)22-15-16-6-2-1-3-7-16/h1-14H,15H2. The first kappa shape index (κ1) is 14.9. The first-order valence-electron chi connectivity index (χ1n) is 7.34. The molecule has 0 aliphatic rings. The second kappa shape index (κ2) is 7.27. The number of carbonyl (C=O) groups is 1. The molecule has 0 unspecified atom stereocenters. The molecule has 0 heterocycles. The molecule has 0 aliphatic carbocycles. The summed E-state index contributed by atoms with van der Waals surface area (Å²) in [4.78, 5) is 11.0. The summed E-state index contributed by atoms with van der Waals surface area (Å²) < 4.78 is 11.5. The Morgan fingerprint density at radius 2 is 1.39 bits per heavy atom.